The smallest absolute Gasteiger partial charge is 0.243 e. The second-order valence-corrected chi connectivity index (χ2v) is 7.30. The molecule has 8 nitrogen and oxygen atoms in total. The van der Waals surface area contributed by atoms with Crippen LogP contribution in [-0.2, 0) is 19.6 Å². The quantitative estimate of drug-likeness (QED) is 0.618. The molecule has 1 aliphatic rings. The van der Waals surface area contributed by atoms with Gasteiger partial charge in [0, 0.05) is 31.7 Å². The molecule has 2 amide bonds. The number of carbonyl (C=O) groups excluding carboxylic acids is 2. The summed E-state index contributed by atoms with van der Waals surface area (Å²) in [5.41, 5.74) is 5.65. The predicted octanol–water partition coefficient (Wildman–Crippen LogP) is 0.296. The number of nitrogens with one attached hydrogen (secondary N) is 2. The molecule has 0 unspecified atom stereocenters. The highest BCUT2D eigenvalue weighted by Crippen LogP contribution is 2.16. The summed E-state index contributed by atoms with van der Waals surface area (Å²) in [7, 11) is -3.66. The molecule has 0 aliphatic carbocycles. The van der Waals surface area contributed by atoms with Crippen LogP contribution in [0, 0.1) is 0 Å². The maximum atomic E-state index is 12.1. The fraction of sp³-hybridized carbons (Fsp3) is 0.467. The summed E-state index contributed by atoms with van der Waals surface area (Å²) in [5.74, 6) is -0.381. The summed E-state index contributed by atoms with van der Waals surface area (Å²) in [6, 6.07) is 5.94. The minimum absolute atomic E-state index is 0. The van der Waals surface area contributed by atoms with Gasteiger partial charge < -0.3 is 16.0 Å². The van der Waals surface area contributed by atoms with E-state index in [0.717, 1.165) is 12.8 Å². The lowest BCUT2D eigenvalue weighted by atomic mass is 10.1. The average Bonchev–Trinajstić information content (AvgIpc) is 2.55. The average molecular weight is 391 g/mol. The van der Waals surface area contributed by atoms with Crippen molar-refractivity contribution in [2.45, 2.75) is 24.2 Å². The van der Waals surface area contributed by atoms with Gasteiger partial charge in [-0.1, -0.05) is 6.07 Å². The van der Waals surface area contributed by atoms with Crippen molar-refractivity contribution in [2.24, 2.45) is 5.73 Å². The largest absolute Gasteiger partial charge is 0.333 e. The third-order valence-electron chi connectivity index (χ3n) is 3.62. The Labute approximate surface area is 153 Å². The zero-order valence-electron chi connectivity index (χ0n) is 13.7. The minimum Gasteiger partial charge on any atom is -0.333 e. The Bertz CT molecular complexity index is 711. The van der Waals surface area contributed by atoms with Gasteiger partial charge in [0.2, 0.25) is 21.8 Å². The van der Waals surface area contributed by atoms with Gasteiger partial charge >= 0.3 is 0 Å². The Morgan fingerprint density at radius 2 is 2.04 bits per heavy atom. The number of rotatable bonds is 7. The molecule has 0 aromatic heterocycles. The lowest BCUT2D eigenvalue weighted by molar-refractivity contribution is -0.136. The first-order chi connectivity index (χ1) is 11.4. The zero-order valence-corrected chi connectivity index (χ0v) is 15.4. The lowest BCUT2D eigenvalue weighted by Crippen LogP contribution is -2.40. The third-order valence-corrected chi connectivity index (χ3v) is 5.08. The second kappa shape index (κ2) is 9.71. The van der Waals surface area contributed by atoms with Crippen molar-refractivity contribution < 1.29 is 18.0 Å². The molecule has 1 aliphatic heterocycles. The molecule has 10 heteroatoms. The molecule has 0 atom stereocenters. The lowest BCUT2D eigenvalue weighted by Gasteiger charge is -2.26. The molecule has 1 aromatic rings. The first kappa shape index (κ1) is 21.4. The van der Waals surface area contributed by atoms with Gasteiger partial charge in [-0.25, -0.2) is 13.1 Å². The van der Waals surface area contributed by atoms with Crippen LogP contribution in [0.15, 0.2) is 29.2 Å². The van der Waals surface area contributed by atoms with Crippen LogP contribution < -0.4 is 15.8 Å². The highest BCUT2D eigenvalue weighted by Gasteiger charge is 2.20. The summed E-state index contributed by atoms with van der Waals surface area (Å²) in [6.45, 7) is 0.875. The van der Waals surface area contributed by atoms with E-state index in [2.05, 4.69) is 10.0 Å². The van der Waals surface area contributed by atoms with Crippen molar-refractivity contribution in [2.75, 3.05) is 31.5 Å². The summed E-state index contributed by atoms with van der Waals surface area (Å²) in [5, 5.41) is 2.63. The van der Waals surface area contributed by atoms with Crippen LogP contribution in [0.5, 0.6) is 0 Å². The van der Waals surface area contributed by atoms with Gasteiger partial charge in [-0.2, -0.15) is 0 Å². The Morgan fingerprint density at radius 3 is 2.72 bits per heavy atom. The number of benzene rings is 1. The first-order valence-electron chi connectivity index (χ1n) is 7.80. The number of hydrogen-bond acceptors (Lipinski definition) is 5. The van der Waals surface area contributed by atoms with Gasteiger partial charge in [-0.3, -0.25) is 9.59 Å². The molecular formula is C15H23ClN4O4S. The van der Waals surface area contributed by atoms with Crippen molar-refractivity contribution in [1.82, 2.24) is 9.62 Å². The van der Waals surface area contributed by atoms with Crippen molar-refractivity contribution in [3.05, 3.63) is 24.3 Å². The van der Waals surface area contributed by atoms with E-state index in [1.807, 2.05) is 0 Å². The first-order valence-corrected chi connectivity index (χ1v) is 9.28. The van der Waals surface area contributed by atoms with Crippen LogP contribution in [0.3, 0.4) is 0 Å². The molecule has 1 aromatic carbocycles. The van der Waals surface area contributed by atoms with Crippen LogP contribution in [0.25, 0.3) is 0 Å². The van der Waals surface area contributed by atoms with Crippen LogP contribution >= 0.6 is 12.4 Å². The van der Waals surface area contributed by atoms with Crippen molar-refractivity contribution in [1.29, 1.82) is 0 Å². The Morgan fingerprint density at radius 1 is 1.28 bits per heavy atom. The van der Waals surface area contributed by atoms with Gasteiger partial charge in [0.15, 0.2) is 0 Å². The monoisotopic (exact) mass is 390 g/mol. The Balaban J connectivity index is 0.00000312. The van der Waals surface area contributed by atoms with Crippen LogP contribution in [0.2, 0.25) is 0 Å². The number of nitrogens with two attached hydrogens (primary N) is 1. The summed E-state index contributed by atoms with van der Waals surface area (Å²) >= 11 is 0. The Hall–Kier alpha value is -1.68. The molecular weight excluding hydrogens is 368 g/mol. The fourth-order valence-corrected chi connectivity index (χ4v) is 3.51. The van der Waals surface area contributed by atoms with Crippen LogP contribution in [0.1, 0.15) is 19.3 Å². The topological polar surface area (TPSA) is 122 Å². The van der Waals surface area contributed by atoms with E-state index < -0.39 is 10.0 Å². The SMILES string of the molecule is Cl.NCCNS(=O)(=O)c1cccc(NC(=O)CN2CCCCC2=O)c1. The number of sulfonamides is 1. The molecule has 0 saturated carbocycles. The van der Waals surface area contributed by atoms with E-state index >= 15 is 0 Å². The number of halogens is 1. The molecule has 140 valence electrons. The van der Waals surface area contributed by atoms with E-state index in [0.29, 0.717) is 18.7 Å². The highest BCUT2D eigenvalue weighted by molar-refractivity contribution is 7.89. The molecule has 4 N–H and O–H groups in total. The van der Waals surface area contributed by atoms with E-state index in [1.165, 1.54) is 17.0 Å². The van der Waals surface area contributed by atoms with Gasteiger partial charge in [0.1, 0.15) is 0 Å². The molecule has 1 fully saturated rings. The number of amides is 2. The number of carbonyl (C=O) groups is 2. The Kier molecular flexibility index (Phi) is 8.30. The predicted molar refractivity (Wildman–Crippen MR) is 97.0 cm³/mol. The van der Waals surface area contributed by atoms with Crippen LogP contribution in [-0.4, -0.2) is 51.3 Å². The van der Waals surface area contributed by atoms with Gasteiger partial charge in [0.25, 0.3) is 0 Å². The molecule has 2 rings (SSSR count). The number of hydrogen-bond donors (Lipinski definition) is 3. The van der Waals surface area contributed by atoms with E-state index in [-0.39, 0.29) is 48.8 Å². The fourth-order valence-electron chi connectivity index (χ4n) is 2.42. The molecule has 0 bridgehead atoms. The van der Waals surface area contributed by atoms with Gasteiger partial charge in [-0.15, -0.1) is 12.4 Å². The summed E-state index contributed by atoms with van der Waals surface area (Å²) < 4.78 is 26.5. The molecule has 25 heavy (non-hydrogen) atoms. The maximum absolute atomic E-state index is 12.1. The summed E-state index contributed by atoms with van der Waals surface area (Å²) in [4.78, 5) is 25.3. The zero-order chi connectivity index (χ0) is 17.6. The van der Waals surface area contributed by atoms with Crippen molar-refractivity contribution in [3.8, 4) is 0 Å². The standard InChI is InChI=1S/C15H22N4O4S.ClH/c16-7-8-17-24(22,23)13-5-3-4-12(10-13)18-14(20)11-19-9-2-1-6-15(19)21;/h3-5,10,17H,1-2,6-9,11,16H2,(H,18,20);1H. The van der Waals surface area contributed by atoms with Gasteiger partial charge in [-0.05, 0) is 31.0 Å². The third kappa shape index (κ3) is 6.28. The highest BCUT2D eigenvalue weighted by atomic mass is 35.5. The summed E-state index contributed by atoms with van der Waals surface area (Å²) in [6.07, 6.45) is 2.21. The minimum atomic E-state index is -3.66. The normalized spacial score (nSPS) is 14.8. The number of piperidine rings is 1. The van der Waals surface area contributed by atoms with Crippen molar-refractivity contribution >= 4 is 39.9 Å². The number of nitrogens with zero attached hydrogens (tertiary/aromatic N) is 1. The van der Waals surface area contributed by atoms with E-state index in [9.17, 15) is 18.0 Å². The molecule has 1 heterocycles. The number of anilines is 1. The molecule has 0 radical (unpaired) electrons. The van der Waals surface area contributed by atoms with Crippen molar-refractivity contribution in [3.63, 3.8) is 0 Å². The van der Waals surface area contributed by atoms with Gasteiger partial charge in [0.05, 0.1) is 11.4 Å². The van der Waals surface area contributed by atoms with Crippen LogP contribution in [0.4, 0.5) is 5.69 Å². The second-order valence-electron chi connectivity index (χ2n) is 5.53. The van der Waals surface area contributed by atoms with E-state index in [4.69, 9.17) is 5.73 Å². The van der Waals surface area contributed by atoms with E-state index in [1.54, 1.807) is 12.1 Å². The molecule has 1 saturated heterocycles. The molecule has 0 spiro atoms. The maximum Gasteiger partial charge on any atom is 0.243 e. The number of likely N-dealkylation sites (tertiary alicyclic amines) is 1.